The van der Waals surface area contributed by atoms with E-state index in [0.29, 0.717) is 6.54 Å². The van der Waals surface area contributed by atoms with Crippen molar-refractivity contribution in [2.45, 2.75) is 6.92 Å². The fraction of sp³-hybridized carbons (Fsp3) is 0.417. The van der Waals surface area contributed by atoms with Gasteiger partial charge in [-0.3, -0.25) is 4.79 Å². The van der Waals surface area contributed by atoms with Gasteiger partial charge in [-0.05, 0) is 40.5 Å². The second-order valence-electron chi connectivity index (χ2n) is 4.19. The maximum atomic E-state index is 11.6. The summed E-state index contributed by atoms with van der Waals surface area (Å²) >= 11 is 3.55. The van der Waals surface area contributed by atoms with Crippen molar-refractivity contribution in [1.82, 2.24) is 4.90 Å². The van der Waals surface area contributed by atoms with Gasteiger partial charge >= 0.3 is 0 Å². The Morgan fingerprint density at radius 2 is 2.06 bits per heavy atom. The molecule has 1 saturated heterocycles. The van der Waals surface area contributed by atoms with Gasteiger partial charge in [0.05, 0.1) is 12.2 Å². The average Bonchev–Trinajstić information content (AvgIpc) is 2.22. The Morgan fingerprint density at radius 1 is 1.31 bits per heavy atom. The lowest BCUT2D eigenvalue weighted by atomic mass is 10.2. The van der Waals surface area contributed by atoms with Gasteiger partial charge in [0, 0.05) is 24.6 Å². The van der Waals surface area contributed by atoms with Crippen molar-refractivity contribution in [1.29, 1.82) is 0 Å². The fourth-order valence-electron chi connectivity index (χ4n) is 1.83. The number of halogens is 1. The largest absolute Gasteiger partial charge is 0.360 e. The SMILES string of the molecule is Cc1ccc(N2CCN(C)C(=O)C2)c(Br)c1. The molecule has 0 atom stereocenters. The summed E-state index contributed by atoms with van der Waals surface area (Å²) in [4.78, 5) is 15.5. The summed E-state index contributed by atoms with van der Waals surface area (Å²) in [7, 11) is 1.85. The standard InChI is InChI=1S/C12H15BrN2O/c1-9-3-4-11(10(13)7-9)15-6-5-14(2)12(16)8-15/h3-4,7H,5-6,8H2,1-2H3. The van der Waals surface area contributed by atoms with Gasteiger partial charge in [0.25, 0.3) is 0 Å². The summed E-state index contributed by atoms with van der Waals surface area (Å²) < 4.78 is 1.06. The zero-order chi connectivity index (χ0) is 11.7. The number of carbonyl (C=O) groups excluding carboxylic acids is 1. The lowest BCUT2D eigenvalue weighted by molar-refractivity contribution is -0.129. The Bertz CT molecular complexity index is 419. The highest BCUT2D eigenvalue weighted by Gasteiger charge is 2.22. The first-order valence-electron chi connectivity index (χ1n) is 5.33. The molecule has 1 fully saturated rings. The molecule has 86 valence electrons. The van der Waals surface area contributed by atoms with Gasteiger partial charge in [0.2, 0.25) is 5.91 Å². The van der Waals surface area contributed by atoms with E-state index in [1.165, 1.54) is 5.56 Å². The Kier molecular flexibility index (Phi) is 3.19. The lowest BCUT2D eigenvalue weighted by Gasteiger charge is -2.34. The molecule has 1 aromatic carbocycles. The number of anilines is 1. The van der Waals surface area contributed by atoms with Gasteiger partial charge in [-0.15, -0.1) is 0 Å². The molecule has 1 heterocycles. The van der Waals surface area contributed by atoms with Crippen molar-refractivity contribution in [3.63, 3.8) is 0 Å². The number of amides is 1. The molecule has 4 heteroatoms. The molecule has 16 heavy (non-hydrogen) atoms. The molecular weight excluding hydrogens is 268 g/mol. The molecule has 0 N–H and O–H groups in total. The highest BCUT2D eigenvalue weighted by molar-refractivity contribution is 9.10. The minimum absolute atomic E-state index is 0.179. The van der Waals surface area contributed by atoms with E-state index in [1.54, 1.807) is 4.90 Å². The first-order valence-corrected chi connectivity index (χ1v) is 6.12. The minimum atomic E-state index is 0.179. The van der Waals surface area contributed by atoms with Crippen LogP contribution in [0.15, 0.2) is 22.7 Å². The smallest absolute Gasteiger partial charge is 0.241 e. The molecule has 0 aliphatic carbocycles. The first-order chi connectivity index (χ1) is 7.58. The number of hydrogen-bond acceptors (Lipinski definition) is 2. The average molecular weight is 283 g/mol. The normalized spacial score (nSPS) is 16.8. The van der Waals surface area contributed by atoms with E-state index in [4.69, 9.17) is 0 Å². The summed E-state index contributed by atoms with van der Waals surface area (Å²) in [5, 5.41) is 0. The fourth-order valence-corrected chi connectivity index (χ4v) is 2.58. The third kappa shape index (κ3) is 2.21. The topological polar surface area (TPSA) is 23.6 Å². The Hall–Kier alpha value is -1.03. The number of piperazine rings is 1. The highest BCUT2D eigenvalue weighted by Crippen LogP contribution is 2.27. The number of hydrogen-bond donors (Lipinski definition) is 0. The lowest BCUT2D eigenvalue weighted by Crippen LogP contribution is -2.48. The Morgan fingerprint density at radius 3 is 2.69 bits per heavy atom. The summed E-state index contributed by atoms with van der Waals surface area (Å²) in [6, 6.07) is 6.22. The van der Waals surface area contributed by atoms with Crippen LogP contribution in [0.2, 0.25) is 0 Å². The zero-order valence-corrected chi connectivity index (χ0v) is 11.1. The molecule has 1 aliphatic heterocycles. The molecule has 0 saturated carbocycles. The molecule has 1 aromatic rings. The van der Waals surface area contributed by atoms with Crippen molar-refractivity contribution in [2.24, 2.45) is 0 Å². The molecular formula is C12H15BrN2O. The zero-order valence-electron chi connectivity index (χ0n) is 9.53. The molecule has 2 rings (SSSR count). The van der Waals surface area contributed by atoms with Crippen LogP contribution in [0.3, 0.4) is 0 Å². The monoisotopic (exact) mass is 282 g/mol. The number of likely N-dealkylation sites (N-methyl/N-ethyl adjacent to an activating group) is 1. The van der Waals surface area contributed by atoms with Gasteiger partial charge in [-0.1, -0.05) is 6.07 Å². The number of carbonyl (C=O) groups is 1. The number of nitrogens with zero attached hydrogens (tertiary/aromatic N) is 2. The van der Waals surface area contributed by atoms with Crippen LogP contribution < -0.4 is 4.90 Å². The third-order valence-corrected chi connectivity index (χ3v) is 3.54. The maximum absolute atomic E-state index is 11.6. The quantitative estimate of drug-likeness (QED) is 0.787. The van der Waals surface area contributed by atoms with Crippen LogP contribution in [0.25, 0.3) is 0 Å². The van der Waals surface area contributed by atoms with Crippen molar-refractivity contribution in [3.05, 3.63) is 28.2 Å². The predicted octanol–water partition coefficient (Wildman–Crippen LogP) is 2.04. The third-order valence-electron chi connectivity index (χ3n) is 2.90. The first kappa shape index (κ1) is 11.5. The van der Waals surface area contributed by atoms with Crippen LogP contribution in [-0.4, -0.2) is 37.5 Å². The number of aryl methyl sites for hydroxylation is 1. The minimum Gasteiger partial charge on any atom is -0.360 e. The summed E-state index contributed by atoms with van der Waals surface area (Å²) in [6.45, 7) is 4.21. The van der Waals surface area contributed by atoms with Gasteiger partial charge < -0.3 is 9.80 Å². The van der Waals surface area contributed by atoms with E-state index >= 15 is 0 Å². The molecule has 0 unspecified atom stereocenters. The van der Waals surface area contributed by atoms with E-state index in [0.717, 1.165) is 23.2 Å². The van der Waals surface area contributed by atoms with Crippen molar-refractivity contribution < 1.29 is 4.79 Å². The maximum Gasteiger partial charge on any atom is 0.241 e. The molecule has 0 spiro atoms. The van der Waals surface area contributed by atoms with Crippen LogP contribution in [0.1, 0.15) is 5.56 Å². The predicted molar refractivity (Wildman–Crippen MR) is 68.7 cm³/mol. The van der Waals surface area contributed by atoms with Crippen LogP contribution >= 0.6 is 15.9 Å². The highest BCUT2D eigenvalue weighted by atomic mass is 79.9. The van der Waals surface area contributed by atoms with Gasteiger partial charge in [-0.2, -0.15) is 0 Å². The van der Waals surface area contributed by atoms with Crippen molar-refractivity contribution in [2.75, 3.05) is 31.6 Å². The van der Waals surface area contributed by atoms with Crippen LogP contribution in [0, 0.1) is 6.92 Å². The summed E-state index contributed by atoms with van der Waals surface area (Å²) in [6.07, 6.45) is 0. The Balaban J connectivity index is 2.22. The van der Waals surface area contributed by atoms with Crippen LogP contribution in [0.5, 0.6) is 0 Å². The van der Waals surface area contributed by atoms with E-state index in [1.807, 2.05) is 7.05 Å². The number of benzene rings is 1. The molecule has 1 amide bonds. The molecule has 3 nitrogen and oxygen atoms in total. The van der Waals surface area contributed by atoms with Crippen molar-refractivity contribution >= 4 is 27.5 Å². The van der Waals surface area contributed by atoms with Crippen molar-refractivity contribution in [3.8, 4) is 0 Å². The van der Waals surface area contributed by atoms with Gasteiger partial charge in [0.1, 0.15) is 0 Å². The van der Waals surface area contributed by atoms with E-state index in [2.05, 4.69) is 46.0 Å². The van der Waals surface area contributed by atoms with E-state index in [9.17, 15) is 4.79 Å². The van der Waals surface area contributed by atoms with Crippen LogP contribution in [-0.2, 0) is 4.79 Å². The molecule has 0 bridgehead atoms. The van der Waals surface area contributed by atoms with Gasteiger partial charge in [0.15, 0.2) is 0 Å². The number of rotatable bonds is 1. The van der Waals surface area contributed by atoms with Crippen LogP contribution in [0.4, 0.5) is 5.69 Å². The van der Waals surface area contributed by atoms with Gasteiger partial charge in [-0.25, -0.2) is 0 Å². The second-order valence-corrected chi connectivity index (χ2v) is 5.05. The molecule has 0 radical (unpaired) electrons. The Labute approximate surface area is 104 Å². The second kappa shape index (κ2) is 4.45. The summed E-state index contributed by atoms with van der Waals surface area (Å²) in [5.74, 6) is 0.179. The molecule has 0 aromatic heterocycles. The van der Waals surface area contributed by atoms with E-state index < -0.39 is 0 Å². The summed E-state index contributed by atoms with van der Waals surface area (Å²) in [5.41, 5.74) is 2.32. The molecule has 1 aliphatic rings. The van der Waals surface area contributed by atoms with E-state index in [-0.39, 0.29) is 5.91 Å².